The highest BCUT2D eigenvalue weighted by Crippen LogP contribution is 2.38. The van der Waals surface area contributed by atoms with Gasteiger partial charge in [0.1, 0.15) is 22.8 Å². The Morgan fingerprint density at radius 1 is 1.12 bits per heavy atom. The minimum atomic E-state index is -0.458. The fraction of sp³-hybridized carbons (Fsp3) is 0.0526. The summed E-state index contributed by atoms with van der Waals surface area (Å²) in [4.78, 5) is 23.6. The van der Waals surface area contributed by atoms with E-state index in [-0.39, 0.29) is 11.3 Å². The van der Waals surface area contributed by atoms with Crippen LogP contribution in [0.1, 0.15) is 12.5 Å². The van der Waals surface area contributed by atoms with Crippen LogP contribution >= 0.6 is 35.0 Å². The number of aliphatic hydroxyl groups excluding tert-OH is 1. The second-order valence-corrected chi connectivity index (χ2v) is 7.26. The minimum Gasteiger partial charge on any atom is -0.506 e. The fourth-order valence-corrected chi connectivity index (χ4v) is 3.55. The third kappa shape index (κ3) is 3.96. The normalized spacial score (nSPS) is 15.7. The molecule has 4 nitrogen and oxygen atoms in total. The monoisotopic (exact) mass is 406 g/mol. The zero-order valence-corrected chi connectivity index (χ0v) is 15.8. The summed E-state index contributed by atoms with van der Waals surface area (Å²) in [6.07, 6.45) is 1.62. The number of carbonyl (C=O) groups is 2. The number of ether oxygens (including phenoxy) is 1. The van der Waals surface area contributed by atoms with Gasteiger partial charge in [0.15, 0.2) is 5.78 Å². The van der Waals surface area contributed by atoms with Gasteiger partial charge in [0.2, 0.25) is 5.12 Å². The molecule has 3 rings (SSSR count). The van der Waals surface area contributed by atoms with Gasteiger partial charge >= 0.3 is 0 Å². The number of ketones is 1. The van der Waals surface area contributed by atoms with E-state index in [1.165, 1.54) is 6.92 Å². The fourth-order valence-electron chi connectivity index (χ4n) is 2.32. The van der Waals surface area contributed by atoms with Gasteiger partial charge in [-0.2, -0.15) is 0 Å². The molecule has 0 saturated heterocycles. The number of rotatable bonds is 4. The maximum absolute atomic E-state index is 11.8. The summed E-state index contributed by atoms with van der Waals surface area (Å²) in [6, 6.07) is 12.0. The number of aliphatic hydroxyl groups is 1. The lowest BCUT2D eigenvalue weighted by atomic mass is 10.1. The van der Waals surface area contributed by atoms with E-state index < -0.39 is 10.9 Å². The van der Waals surface area contributed by atoms with Crippen molar-refractivity contribution in [3.05, 3.63) is 74.3 Å². The lowest BCUT2D eigenvalue weighted by Crippen LogP contribution is -2.03. The summed E-state index contributed by atoms with van der Waals surface area (Å²) in [5.74, 6) is 0.321. The molecule has 26 heavy (non-hydrogen) atoms. The van der Waals surface area contributed by atoms with Crippen LogP contribution < -0.4 is 4.74 Å². The van der Waals surface area contributed by atoms with Crippen LogP contribution in [0.3, 0.4) is 0 Å². The summed E-state index contributed by atoms with van der Waals surface area (Å²) >= 11 is 12.7. The Hall–Kier alpha value is -2.21. The van der Waals surface area contributed by atoms with Crippen molar-refractivity contribution in [2.24, 2.45) is 0 Å². The molecule has 132 valence electrons. The first-order valence-corrected chi connectivity index (χ1v) is 9.04. The van der Waals surface area contributed by atoms with E-state index in [0.717, 1.165) is 11.8 Å². The first-order chi connectivity index (χ1) is 12.3. The molecule has 0 atom stereocenters. The Kier molecular flexibility index (Phi) is 5.41. The molecule has 0 radical (unpaired) electrons. The van der Waals surface area contributed by atoms with Gasteiger partial charge in [-0.3, -0.25) is 9.59 Å². The highest BCUT2D eigenvalue weighted by molar-refractivity contribution is 8.18. The molecular formula is C19H12Cl2O4S. The highest BCUT2D eigenvalue weighted by Gasteiger charge is 2.31. The molecular weight excluding hydrogens is 395 g/mol. The van der Waals surface area contributed by atoms with Gasteiger partial charge in [-0.05, 0) is 54.6 Å². The van der Waals surface area contributed by atoms with E-state index in [1.807, 2.05) is 0 Å². The lowest BCUT2D eigenvalue weighted by Gasteiger charge is -2.07. The SMILES string of the molecule is CC(=O)C1=C(O)/C(=C\c2cccc(Oc3ccc(Cl)c(Cl)c3)c2)SC1=O. The Morgan fingerprint density at radius 3 is 2.50 bits per heavy atom. The number of benzene rings is 2. The van der Waals surface area contributed by atoms with E-state index >= 15 is 0 Å². The smallest absolute Gasteiger partial charge is 0.231 e. The second-order valence-electron chi connectivity index (χ2n) is 5.43. The van der Waals surface area contributed by atoms with Crippen LogP contribution in [0, 0.1) is 0 Å². The van der Waals surface area contributed by atoms with Crippen LogP contribution in [-0.2, 0) is 9.59 Å². The van der Waals surface area contributed by atoms with Crippen LogP contribution in [0.2, 0.25) is 10.0 Å². The molecule has 1 aliphatic heterocycles. The molecule has 0 bridgehead atoms. The quantitative estimate of drug-likeness (QED) is 0.649. The summed E-state index contributed by atoms with van der Waals surface area (Å²) in [5, 5.41) is 10.5. The zero-order chi connectivity index (χ0) is 18.8. The van der Waals surface area contributed by atoms with Gasteiger partial charge in [-0.15, -0.1) is 0 Å². The van der Waals surface area contributed by atoms with Gasteiger partial charge in [0, 0.05) is 6.07 Å². The molecule has 7 heteroatoms. The average Bonchev–Trinajstić information content (AvgIpc) is 2.85. The standard InChI is InChI=1S/C19H12Cl2O4S/c1-10(22)17-18(23)16(26-19(17)24)8-11-3-2-4-12(7-11)25-13-5-6-14(20)15(21)9-13/h2-9,23H,1H3/b16-8+. The molecule has 2 aromatic rings. The molecule has 1 N–H and O–H groups in total. The molecule has 0 unspecified atom stereocenters. The van der Waals surface area contributed by atoms with E-state index in [2.05, 4.69) is 0 Å². The van der Waals surface area contributed by atoms with Crippen LogP contribution in [-0.4, -0.2) is 16.0 Å². The number of halogens is 2. The number of Topliss-reactive ketones (excluding diaryl/α,β-unsaturated/α-hetero) is 1. The summed E-state index contributed by atoms with van der Waals surface area (Å²) in [5.41, 5.74) is 0.527. The van der Waals surface area contributed by atoms with Crippen LogP contribution in [0.15, 0.2) is 58.7 Å². The molecule has 2 aromatic carbocycles. The predicted octanol–water partition coefficient (Wildman–Crippen LogP) is 5.80. The van der Waals surface area contributed by atoms with Gasteiger partial charge in [-0.25, -0.2) is 0 Å². The highest BCUT2D eigenvalue weighted by atomic mass is 35.5. The van der Waals surface area contributed by atoms with E-state index in [1.54, 1.807) is 48.5 Å². The van der Waals surface area contributed by atoms with Gasteiger partial charge in [-0.1, -0.05) is 35.3 Å². The first kappa shape index (κ1) is 18.6. The van der Waals surface area contributed by atoms with Crippen molar-refractivity contribution in [1.82, 2.24) is 0 Å². The zero-order valence-electron chi connectivity index (χ0n) is 13.5. The van der Waals surface area contributed by atoms with Crippen molar-refractivity contribution in [2.45, 2.75) is 6.92 Å². The summed E-state index contributed by atoms with van der Waals surface area (Å²) in [7, 11) is 0. The molecule has 0 spiro atoms. The third-order valence-electron chi connectivity index (χ3n) is 3.51. The van der Waals surface area contributed by atoms with Gasteiger partial charge in [0.25, 0.3) is 0 Å². The molecule has 0 amide bonds. The molecule has 0 fully saturated rings. The lowest BCUT2D eigenvalue weighted by molar-refractivity contribution is -0.116. The first-order valence-electron chi connectivity index (χ1n) is 7.46. The number of hydrogen-bond acceptors (Lipinski definition) is 5. The van der Waals surface area contributed by atoms with E-state index in [0.29, 0.717) is 32.0 Å². The molecule has 1 aliphatic rings. The van der Waals surface area contributed by atoms with Crippen LogP contribution in [0.4, 0.5) is 0 Å². The Morgan fingerprint density at radius 2 is 1.85 bits per heavy atom. The molecule has 1 heterocycles. The van der Waals surface area contributed by atoms with Crippen molar-refractivity contribution in [2.75, 3.05) is 0 Å². The second kappa shape index (κ2) is 7.58. The van der Waals surface area contributed by atoms with E-state index in [4.69, 9.17) is 27.9 Å². The summed E-state index contributed by atoms with van der Waals surface area (Å²) < 4.78 is 5.75. The van der Waals surface area contributed by atoms with Crippen molar-refractivity contribution in [3.63, 3.8) is 0 Å². The Balaban J connectivity index is 1.87. The van der Waals surface area contributed by atoms with Gasteiger partial charge in [0.05, 0.1) is 15.0 Å². The van der Waals surface area contributed by atoms with Gasteiger partial charge < -0.3 is 9.84 Å². The number of carbonyl (C=O) groups excluding carboxylic acids is 2. The minimum absolute atomic E-state index is 0.176. The average molecular weight is 407 g/mol. The van der Waals surface area contributed by atoms with Crippen molar-refractivity contribution < 1.29 is 19.4 Å². The Labute approximate surface area is 164 Å². The maximum Gasteiger partial charge on any atom is 0.231 e. The Bertz CT molecular complexity index is 979. The van der Waals surface area contributed by atoms with Crippen molar-refractivity contribution in [3.8, 4) is 11.5 Å². The largest absolute Gasteiger partial charge is 0.506 e. The topological polar surface area (TPSA) is 63.6 Å². The predicted molar refractivity (Wildman–Crippen MR) is 104 cm³/mol. The number of hydrogen-bond donors (Lipinski definition) is 1. The summed E-state index contributed by atoms with van der Waals surface area (Å²) in [6.45, 7) is 1.25. The van der Waals surface area contributed by atoms with Crippen LogP contribution in [0.5, 0.6) is 11.5 Å². The molecule has 0 aromatic heterocycles. The third-order valence-corrected chi connectivity index (χ3v) is 5.17. The van der Waals surface area contributed by atoms with E-state index in [9.17, 15) is 14.7 Å². The van der Waals surface area contributed by atoms with Crippen molar-refractivity contribution in [1.29, 1.82) is 0 Å². The molecule has 0 saturated carbocycles. The molecule has 0 aliphatic carbocycles. The van der Waals surface area contributed by atoms with Crippen molar-refractivity contribution >= 4 is 51.9 Å². The van der Waals surface area contributed by atoms with Crippen LogP contribution in [0.25, 0.3) is 6.08 Å². The number of thioether (sulfide) groups is 1. The maximum atomic E-state index is 11.8.